The van der Waals surface area contributed by atoms with Gasteiger partial charge in [-0.1, -0.05) is 12.1 Å². The van der Waals surface area contributed by atoms with Crippen LogP contribution < -0.4 is 16.1 Å². The molecule has 0 aliphatic rings. The molecular weight excluding hydrogens is 308 g/mol. The Hall–Kier alpha value is -2.42. The SMILES string of the molecule is Nc1ccc(S(=O)Cc2ccc(C(=O)[O-])cc2N(O)O)cc1. The van der Waals surface area contributed by atoms with Crippen molar-refractivity contribution < 1.29 is 24.5 Å². The van der Waals surface area contributed by atoms with E-state index < -0.39 is 16.8 Å². The second-order valence-electron chi connectivity index (χ2n) is 4.48. The molecule has 0 amide bonds. The lowest BCUT2D eigenvalue weighted by atomic mass is 10.1. The molecule has 0 heterocycles. The van der Waals surface area contributed by atoms with Crippen LogP contribution in [0.5, 0.6) is 0 Å². The first-order chi connectivity index (χ1) is 10.4. The lowest BCUT2D eigenvalue weighted by Crippen LogP contribution is -2.23. The number of carbonyl (C=O) groups is 1. The summed E-state index contributed by atoms with van der Waals surface area (Å²) in [6.07, 6.45) is 0. The van der Waals surface area contributed by atoms with E-state index in [0.29, 0.717) is 16.1 Å². The summed E-state index contributed by atoms with van der Waals surface area (Å²) >= 11 is 0. The first-order valence-corrected chi connectivity index (χ1v) is 7.46. The van der Waals surface area contributed by atoms with Crippen LogP contribution >= 0.6 is 0 Å². The number of rotatable bonds is 5. The van der Waals surface area contributed by atoms with Gasteiger partial charge < -0.3 is 15.6 Å². The van der Waals surface area contributed by atoms with E-state index in [2.05, 4.69) is 0 Å². The average molecular weight is 321 g/mol. The third kappa shape index (κ3) is 3.61. The molecule has 2 aromatic rings. The topological polar surface area (TPSA) is 127 Å². The van der Waals surface area contributed by atoms with Crippen LogP contribution in [-0.4, -0.2) is 20.6 Å². The third-order valence-electron chi connectivity index (χ3n) is 2.97. The standard InChI is InChI=1S/C14H14N2O5S/c15-11-3-5-12(6-4-11)22(21)8-10-2-1-9(14(17)18)7-13(10)16(19)20/h1-7,19-20H,8,15H2,(H,17,18)/p-1. The van der Waals surface area contributed by atoms with Crippen LogP contribution in [0.25, 0.3) is 0 Å². The van der Waals surface area contributed by atoms with E-state index in [1.54, 1.807) is 24.3 Å². The van der Waals surface area contributed by atoms with E-state index in [9.17, 15) is 24.5 Å². The van der Waals surface area contributed by atoms with Gasteiger partial charge >= 0.3 is 0 Å². The number of nitrogens with zero attached hydrogens (tertiary/aromatic N) is 1. The monoisotopic (exact) mass is 321 g/mol. The summed E-state index contributed by atoms with van der Waals surface area (Å²) in [5.74, 6) is -1.47. The predicted molar refractivity (Wildman–Crippen MR) is 77.8 cm³/mol. The van der Waals surface area contributed by atoms with Crippen LogP contribution in [0.4, 0.5) is 11.4 Å². The second-order valence-corrected chi connectivity index (χ2v) is 5.93. The van der Waals surface area contributed by atoms with Gasteiger partial charge in [-0.25, -0.2) is 0 Å². The second kappa shape index (κ2) is 6.56. The smallest absolute Gasteiger partial charge is 0.0990 e. The molecule has 0 aliphatic carbocycles. The zero-order valence-electron chi connectivity index (χ0n) is 11.3. The predicted octanol–water partition coefficient (Wildman–Crippen LogP) is 0.525. The molecule has 2 aromatic carbocycles. The van der Waals surface area contributed by atoms with E-state index in [1.807, 2.05) is 0 Å². The number of anilines is 2. The van der Waals surface area contributed by atoms with Crippen molar-refractivity contribution in [2.75, 3.05) is 11.0 Å². The van der Waals surface area contributed by atoms with Crippen LogP contribution in [0, 0.1) is 0 Å². The van der Waals surface area contributed by atoms with Crippen LogP contribution in [0.2, 0.25) is 0 Å². The van der Waals surface area contributed by atoms with Crippen molar-refractivity contribution in [3.8, 4) is 0 Å². The Morgan fingerprint density at radius 1 is 1.18 bits per heavy atom. The van der Waals surface area contributed by atoms with E-state index in [-0.39, 0.29) is 22.2 Å². The maximum absolute atomic E-state index is 12.3. The highest BCUT2D eigenvalue weighted by molar-refractivity contribution is 7.84. The zero-order chi connectivity index (χ0) is 16.3. The van der Waals surface area contributed by atoms with Crippen LogP contribution in [0.3, 0.4) is 0 Å². The fourth-order valence-corrected chi connectivity index (χ4v) is 2.98. The number of hydrogen-bond acceptors (Lipinski definition) is 7. The summed E-state index contributed by atoms with van der Waals surface area (Å²) < 4.78 is 12.3. The van der Waals surface area contributed by atoms with Gasteiger partial charge in [0.15, 0.2) is 0 Å². The largest absolute Gasteiger partial charge is 0.545 e. The molecule has 4 N–H and O–H groups in total. The molecule has 7 nitrogen and oxygen atoms in total. The molecule has 1 atom stereocenters. The molecule has 1 unspecified atom stereocenters. The van der Waals surface area contributed by atoms with Gasteiger partial charge in [-0.05, 0) is 41.5 Å². The van der Waals surface area contributed by atoms with Gasteiger partial charge in [0, 0.05) is 10.6 Å². The van der Waals surface area contributed by atoms with E-state index >= 15 is 0 Å². The van der Waals surface area contributed by atoms with Crippen LogP contribution in [-0.2, 0) is 16.6 Å². The van der Waals surface area contributed by atoms with Crippen LogP contribution in [0.15, 0.2) is 47.4 Å². The number of carboxylic acids is 1. The van der Waals surface area contributed by atoms with Gasteiger partial charge in [-0.2, -0.15) is 0 Å². The van der Waals surface area contributed by atoms with Crippen molar-refractivity contribution in [1.82, 2.24) is 0 Å². The Labute approximate surface area is 128 Å². The number of nitrogens with two attached hydrogens (primary N) is 1. The van der Waals surface area contributed by atoms with Crippen molar-refractivity contribution >= 4 is 28.1 Å². The van der Waals surface area contributed by atoms with E-state index in [0.717, 1.165) is 6.07 Å². The van der Waals surface area contributed by atoms with Gasteiger partial charge in [0.05, 0.1) is 28.2 Å². The van der Waals surface area contributed by atoms with E-state index in [4.69, 9.17) is 5.73 Å². The van der Waals surface area contributed by atoms with Crippen molar-refractivity contribution in [1.29, 1.82) is 0 Å². The molecule has 0 aromatic heterocycles. The maximum Gasteiger partial charge on any atom is 0.0990 e. The molecule has 0 saturated heterocycles. The molecule has 0 spiro atoms. The normalized spacial score (nSPS) is 11.9. The van der Waals surface area contributed by atoms with Crippen molar-refractivity contribution in [3.05, 3.63) is 53.6 Å². The highest BCUT2D eigenvalue weighted by atomic mass is 32.2. The van der Waals surface area contributed by atoms with E-state index in [1.165, 1.54) is 12.1 Å². The zero-order valence-corrected chi connectivity index (χ0v) is 12.1. The summed E-state index contributed by atoms with van der Waals surface area (Å²) in [4.78, 5) is 11.3. The third-order valence-corrected chi connectivity index (χ3v) is 4.34. The van der Waals surface area contributed by atoms with Gasteiger partial charge in [0.1, 0.15) is 0 Å². The van der Waals surface area contributed by atoms with Crippen LogP contribution in [0.1, 0.15) is 15.9 Å². The van der Waals surface area contributed by atoms with Crippen molar-refractivity contribution in [2.24, 2.45) is 0 Å². The Morgan fingerprint density at radius 3 is 2.36 bits per heavy atom. The minimum atomic E-state index is -1.45. The molecule has 116 valence electrons. The lowest BCUT2D eigenvalue weighted by molar-refractivity contribution is -0.255. The maximum atomic E-state index is 12.3. The van der Waals surface area contributed by atoms with Gasteiger partial charge in [0.25, 0.3) is 0 Å². The first-order valence-electron chi connectivity index (χ1n) is 6.14. The molecule has 0 saturated carbocycles. The molecule has 8 heteroatoms. The summed E-state index contributed by atoms with van der Waals surface area (Å²) in [5.41, 5.74) is 6.01. The highest BCUT2D eigenvalue weighted by Gasteiger charge is 2.13. The van der Waals surface area contributed by atoms with Gasteiger partial charge in [-0.3, -0.25) is 14.6 Å². The number of carboxylic acid groups (broad SMARTS) is 1. The number of carbonyl (C=O) groups excluding carboxylic acids is 1. The van der Waals surface area contributed by atoms with Crippen molar-refractivity contribution in [2.45, 2.75) is 10.6 Å². The molecular formula is C14H13N2O5S-. The average Bonchev–Trinajstić information content (AvgIpc) is 2.47. The summed E-state index contributed by atoms with van der Waals surface area (Å²) in [6, 6.07) is 10.1. The molecule has 2 rings (SSSR count). The summed E-state index contributed by atoms with van der Waals surface area (Å²) in [6.45, 7) is 0. The molecule has 0 bridgehead atoms. The Balaban J connectivity index is 2.30. The van der Waals surface area contributed by atoms with Gasteiger partial charge in [-0.15, -0.1) is 5.23 Å². The summed E-state index contributed by atoms with van der Waals surface area (Å²) in [5, 5.41) is 29.0. The Morgan fingerprint density at radius 2 is 1.82 bits per heavy atom. The highest BCUT2D eigenvalue weighted by Crippen LogP contribution is 2.24. The summed E-state index contributed by atoms with van der Waals surface area (Å²) in [7, 11) is -1.45. The Kier molecular flexibility index (Phi) is 4.76. The molecule has 0 aliphatic heterocycles. The fraction of sp³-hybridized carbons (Fsp3) is 0.0714. The molecule has 0 fully saturated rings. The minimum Gasteiger partial charge on any atom is -0.545 e. The molecule has 22 heavy (non-hydrogen) atoms. The van der Waals surface area contributed by atoms with Gasteiger partial charge in [0.2, 0.25) is 0 Å². The number of hydrogen-bond donors (Lipinski definition) is 3. The minimum absolute atomic E-state index is 0.0236. The lowest BCUT2D eigenvalue weighted by Gasteiger charge is -2.15. The number of benzene rings is 2. The van der Waals surface area contributed by atoms with Crippen molar-refractivity contribution in [3.63, 3.8) is 0 Å². The quantitative estimate of drug-likeness (QED) is 0.541. The molecule has 0 radical (unpaired) electrons. The first kappa shape index (κ1) is 16.0. The Bertz CT molecular complexity index is 716. The fourth-order valence-electron chi connectivity index (χ4n) is 1.84. The number of aromatic carboxylic acids is 1. The number of nitrogen functional groups attached to an aromatic ring is 1.